The first-order chi connectivity index (χ1) is 23.0. The van der Waals surface area contributed by atoms with Gasteiger partial charge in [0, 0.05) is 84.1 Å². The molecular weight excluding hydrogens is 691 g/mol. The van der Waals surface area contributed by atoms with Crippen LogP contribution in [0, 0.1) is 7.43 Å². The fourth-order valence-corrected chi connectivity index (χ4v) is 4.35. The summed E-state index contributed by atoms with van der Waals surface area (Å²) in [6.45, 7) is 18.3. The summed E-state index contributed by atoms with van der Waals surface area (Å²) in [5.41, 5.74) is 3.77. The van der Waals surface area contributed by atoms with Crippen LogP contribution < -0.4 is 5.32 Å². The predicted octanol–water partition coefficient (Wildman–Crippen LogP) is 10.8. The molecule has 9 heteroatoms. The third kappa shape index (κ3) is 22.7. The smallest absolute Gasteiger partial charge is 0.411 e. The van der Waals surface area contributed by atoms with Gasteiger partial charge in [0.1, 0.15) is 6.10 Å². The van der Waals surface area contributed by atoms with Crippen LogP contribution in [0.25, 0.3) is 16.4 Å². The van der Waals surface area contributed by atoms with Crippen LogP contribution in [-0.2, 0) is 51.7 Å². The van der Waals surface area contributed by atoms with Crippen LogP contribution in [0.2, 0.25) is 0 Å². The van der Waals surface area contributed by atoms with Crippen molar-refractivity contribution in [2.75, 3.05) is 46.2 Å². The SMILES string of the molecule is CC.CC.CC.CC.COC(OC)c1ccccc1.C[N-]C(=O)CCN1CCC(OC(=O)Nc2ccccc2-c2ccccc2)CC1.[CH3-].[Y]. The summed E-state index contributed by atoms with van der Waals surface area (Å²) in [6, 6.07) is 27.5. The Labute approximate surface area is 325 Å². The van der Waals surface area contributed by atoms with Crippen LogP contribution in [0.15, 0.2) is 84.9 Å². The van der Waals surface area contributed by atoms with Crippen LogP contribution in [-0.4, -0.2) is 63.9 Å². The van der Waals surface area contributed by atoms with Gasteiger partial charge in [-0.1, -0.05) is 134 Å². The number of likely N-dealkylation sites (tertiary alicyclic amines) is 1. The maximum atomic E-state index is 12.4. The number of benzene rings is 3. The van der Waals surface area contributed by atoms with Gasteiger partial charge >= 0.3 is 6.09 Å². The third-order valence-corrected chi connectivity index (χ3v) is 6.45. The van der Waals surface area contributed by atoms with Crippen LogP contribution in [0.1, 0.15) is 86.5 Å². The minimum absolute atomic E-state index is 0. The molecule has 1 heterocycles. The van der Waals surface area contributed by atoms with Crippen molar-refractivity contribution in [3.63, 3.8) is 0 Å². The zero-order valence-corrected chi connectivity index (χ0v) is 35.3. The van der Waals surface area contributed by atoms with Gasteiger partial charge in [-0.3, -0.25) is 5.32 Å². The van der Waals surface area contributed by atoms with Gasteiger partial charge < -0.3 is 36.6 Å². The molecule has 1 saturated heterocycles. The molecule has 1 aliphatic rings. The monoisotopic (exact) mass is 756 g/mol. The van der Waals surface area contributed by atoms with E-state index in [4.69, 9.17) is 14.2 Å². The van der Waals surface area contributed by atoms with E-state index in [-0.39, 0.29) is 58.4 Å². The molecule has 3 aromatic rings. The first-order valence-corrected chi connectivity index (χ1v) is 17.1. The maximum Gasteiger partial charge on any atom is 0.411 e. The van der Waals surface area contributed by atoms with Gasteiger partial charge in [-0.25, -0.2) is 4.79 Å². The average Bonchev–Trinajstić information content (AvgIpc) is 3.16. The summed E-state index contributed by atoms with van der Waals surface area (Å²) in [4.78, 5) is 25.9. The second kappa shape index (κ2) is 36.7. The number of ether oxygens (including phenoxy) is 3. The third-order valence-electron chi connectivity index (χ3n) is 6.45. The molecule has 0 saturated carbocycles. The molecule has 275 valence electrons. The number of rotatable bonds is 9. The number of hydrogen-bond acceptors (Lipinski definition) is 6. The molecule has 3 aromatic carbocycles. The van der Waals surface area contributed by atoms with Crippen molar-refractivity contribution in [2.24, 2.45) is 0 Å². The van der Waals surface area contributed by atoms with Crippen molar-refractivity contribution in [3.05, 3.63) is 103 Å². The summed E-state index contributed by atoms with van der Waals surface area (Å²) >= 11 is 0. The zero-order valence-electron chi connectivity index (χ0n) is 32.5. The number of anilines is 1. The van der Waals surface area contributed by atoms with Gasteiger partial charge in [0.25, 0.3) is 0 Å². The van der Waals surface area contributed by atoms with E-state index in [1.807, 2.05) is 140 Å². The van der Waals surface area contributed by atoms with Crippen molar-refractivity contribution >= 4 is 17.7 Å². The molecule has 0 aromatic heterocycles. The van der Waals surface area contributed by atoms with E-state index in [2.05, 4.69) is 15.5 Å². The minimum Gasteiger partial charge on any atom is -0.656 e. The molecule has 1 aliphatic heterocycles. The number of nitrogens with zero attached hydrogens (tertiary/aromatic N) is 2. The van der Waals surface area contributed by atoms with E-state index < -0.39 is 6.09 Å². The van der Waals surface area contributed by atoms with Crippen molar-refractivity contribution in [3.8, 4) is 11.1 Å². The second-order valence-corrected chi connectivity index (χ2v) is 9.06. The Bertz CT molecular complexity index is 1140. The van der Waals surface area contributed by atoms with Crippen molar-refractivity contribution < 1.29 is 56.5 Å². The Morgan fingerprint density at radius 3 is 1.73 bits per heavy atom. The quantitative estimate of drug-likeness (QED) is 0.173. The molecule has 0 unspecified atom stereocenters. The summed E-state index contributed by atoms with van der Waals surface area (Å²) in [5, 5.41) is 6.54. The number of carbonyl (C=O) groups is 2. The molecule has 1 fully saturated rings. The van der Waals surface area contributed by atoms with Gasteiger partial charge in [-0.15, -0.1) is 7.05 Å². The largest absolute Gasteiger partial charge is 0.656 e. The van der Waals surface area contributed by atoms with E-state index in [1.165, 1.54) is 7.05 Å². The van der Waals surface area contributed by atoms with Gasteiger partial charge in [0.15, 0.2) is 6.29 Å². The Hall–Kier alpha value is -2.62. The molecule has 1 radical (unpaired) electrons. The van der Waals surface area contributed by atoms with E-state index >= 15 is 0 Å². The molecular formula is C40H65N3O5Y-2. The van der Waals surface area contributed by atoms with Crippen molar-refractivity contribution in [2.45, 2.75) is 87.0 Å². The second-order valence-electron chi connectivity index (χ2n) is 9.06. The number of hydrogen-bond donors (Lipinski definition) is 1. The number of piperidine rings is 1. The van der Waals surface area contributed by atoms with Crippen LogP contribution in [0.3, 0.4) is 0 Å². The van der Waals surface area contributed by atoms with E-state index in [9.17, 15) is 9.59 Å². The van der Waals surface area contributed by atoms with E-state index in [0.29, 0.717) is 13.0 Å². The molecule has 4 rings (SSSR count). The van der Waals surface area contributed by atoms with Gasteiger partial charge in [0.05, 0.1) is 11.6 Å². The fraction of sp³-hybridized carbons (Fsp3) is 0.475. The van der Waals surface area contributed by atoms with Crippen LogP contribution in [0.5, 0.6) is 0 Å². The van der Waals surface area contributed by atoms with E-state index in [1.54, 1.807) is 14.2 Å². The summed E-state index contributed by atoms with van der Waals surface area (Å²) < 4.78 is 15.7. The standard InChI is InChI=1S/C22H27N3O3.C9H12O2.4C2H6.CH3.Y/c1-23-21(26)13-16-25-14-11-18(12-15-25)28-22(27)24-20-10-6-5-9-19(20)17-7-3-2-4-8-17;1-10-9(11-2)8-6-4-3-5-7-8;4*1-2;;/h2-10,18H,11-16H2,1H3,(H2,23,24,26,27);3-7,9H,1-2H3;4*1-2H3;1H3;/q;;;;;;-1;/p-1. The molecule has 49 heavy (non-hydrogen) atoms. The maximum absolute atomic E-state index is 12.4. The molecule has 0 spiro atoms. The van der Waals surface area contributed by atoms with Gasteiger partial charge in [-0.05, 0) is 24.5 Å². The summed E-state index contributed by atoms with van der Waals surface area (Å²) in [6.07, 6.45) is 1.21. The number of para-hydroxylation sites is 1. The molecule has 0 aliphatic carbocycles. The molecule has 0 atom stereocenters. The van der Waals surface area contributed by atoms with Gasteiger partial charge in [-0.2, -0.15) is 0 Å². The Balaban J connectivity index is -0.000000406. The summed E-state index contributed by atoms with van der Waals surface area (Å²) in [7, 11) is 4.78. The minimum atomic E-state index is -0.429. The molecule has 2 amide bonds. The molecule has 1 N–H and O–H groups in total. The van der Waals surface area contributed by atoms with Crippen molar-refractivity contribution in [1.82, 2.24) is 4.90 Å². The van der Waals surface area contributed by atoms with Crippen LogP contribution >= 0.6 is 0 Å². The normalized spacial score (nSPS) is 11.4. The van der Waals surface area contributed by atoms with Crippen LogP contribution in [0.4, 0.5) is 10.5 Å². The Morgan fingerprint density at radius 2 is 1.24 bits per heavy atom. The van der Waals surface area contributed by atoms with E-state index in [0.717, 1.165) is 48.3 Å². The molecule has 0 bridgehead atoms. The Kier molecular flexibility index (Phi) is 39.8. The number of methoxy groups -OCH3 is 2. The molecule has 8 nitrogen and oxygen atoms in total. The number of carbonyl (C=O) groups excluding carboxylic acids is 2. The number of amides is 2. The van der Waals surface area contributed by atoms with Gasteiger partial charge in [0.2, 0.25) is 0 Å². The zero-order chi connectivity index (χ0) is 35.9. The average molecular weight is 757 g/mol. The number of nitrogens with one attached hydrogen (secondary N) is 1. The first kappa shape index (κ1) is 53.2. The first-order valence-electron chi connectivity index (χ1n) is 17.1. The fourth-order valence-electron chi connectivity index (χ4n) is 4.35. The topological polar surface area (TPSA) is 91.2 Å². The van der Waals surface area contributed by atoms with Crippen molar-refractivity contribution in [1.29, 1.82) is 0 Å². The predicted molar refractivity (Wildman–Crippen MR) is 205 cm³/mol. The Morgan fingerprint density at radius 1 is 0.776 bits per heavy atom. The summed E-state index contributed by atoms with van der Waals surface area (Å²) in [5.74, 6) is -0.0742.